The molecule has 33 heavy (non-hydrogen) atoms. The van der Waals surface area contributed by atoms with Crippen LogP contribution in [-0.4, -0.2) is 39.0 Å². The van der Waals surface area contributed by atoms with E-state index in [-0.39, 0.29) is 24.2 Å². The summed E-state index contributed by atoms with van der Waals surface area (Å²) in [5.74, 6) is -0.0924. The maximum atomic E-state index is 13.2. The largest absolute Gasteiger partial charge is 0.337 e. The molecule has 2 aliphatic heterocycles. The van der Waals surface area contributed by atoms with Crippen LogP contribution >= 0.6 is 11.6 Å². The van der Waals surface area contributed by atoms with E-state index in [1.807, 2.05) is 12.1 Å². The minimum Gasteiger partial charge on any atom is -0.337 e. The first-order valence-corrected chi connectivity index (χ1v) is 11.2. The molecule has 0 bridgehead atoms. The zero-order valence-electron chi connectivity index (χ0n) is 17.9. The first-order valence-electron chi connectivity index (χ1n) is 10.8. The van der Waals surface area contributed by atoms with Crippen molar-refractivity contribution in [1.82, 2.24) is 15.1 Å². The van der Waals surface area contributed by atoms with Gasteiger partial charge in [-0.15, -0.1) is 0 Å². The Kier molecular flexibility index (Phi) is 5.63. The minimum absolute atomic E-state index is 0.0636. The lowest BCUT2D eigenvalue weighted by atomic mass is 10.1. The van der Waals surface area contributed by atoms with Crippen molar-refractivity contribution in [2.75, 3.05) is 4.90 Å². The van der Waals surface area contributed by atoms with Crippen LogP contribution in [0.15, 0.2) is 63.4 Å². The van der Waals surface area contributed by atoms with E-state index in [1.54, 1.807) is 36.4 Å². The third kappa shape index (κ3) is 4.00. The number of halogens is 1. The van der Waals surface area contributed by atoms with Crippen LogP contribution in [0.3, 0.4) is 0 Å². The Bertz CT molecular complexity index is 1210. The summed E-state index contributed by atoms with van der Waals surface area (Å²) >= 11 is 5.92. The fraction of sp³-hybridized carbons (Fsp3) is 0.304. The standard InChI is InChI=1S/C23H21ClN6O3/c1-2-3-4-14-5-11-17(12-6-14)30-22(31)19-20(23(30)32)29(28-26-19)13-18-25-21(27-33-18)15-7-9-16(24)10-8-15/h5-12,19-20H,2-4,13H2,1H3/t19-,20-/m0/s1. The number of hydrogen-bond acceptors (Lipinski definition) is 8. The quantitative estimate of drug-likeness (QED) is 0.485. The van der Waals surface area contributed by atoms with E-state index >= 15 is 0 Å². The number of carbonyl (C=O) groups excluding carboxylic acids is 2. The number of amides is 2. The van der Waals surface area contributed by atoms with Gasteiger partial charge < -0.3 is 4.52 Å². The number of carbonyl (C=O) groups is 2. The van der Waals surface area contributed by atoms with Gasteiger partial charge in [-0.05, 0) is 54.8 Å². The summed E-state index contributed by atoms with van der Waals surface area (Å²) in [6, 6.07) is 12.9. The Balaban J connectivity index is 1.31. The van der Waals surface area contributed by atoms with Crippen LogP contribution in [0.25, 0.3) is 11.4 Å². The molecule has 0 unspecified atom stereocenters. The highest BCUT2D eigenvalue weighted by Crippen LogP contribution is 2.33. The van der Waals surface area contributed by atoms with Crippen LogP contribution < -0.4 is 4.90 Å². The van der Waals surface area contributed by atoms with Gasteiger partial charge in [0.25, 0.3) is 11.8 Å². The molecule has 0 radical (unpaired) electrons. The fourth-order valence-corrected chi connectivity index (χ4v) is 4.10. The maximum absolute atomic E-state index is 13.2. The summed E-state index contributed by atoms with van der Waals surface area (Å²) in [6.07, 6.45) is 3.17. The van der Waals surface area contributed by atoms with Gasteiger partial charge in [-0.2, -0.15) is 10.1 Å². The molecule has 9 nitrogen and oxygen atoms in total. The lowest BCUT2D eigenvalue weighted by Crippen LogP contribution is -2.39. The summed E-state index contributed by atoms with van der Waals surface area (Å²) in [5.41, 5.74) is 2.46. The number of hydrogen-bond donors (Lipinski definition) is 0. The van der Waals surface area contributed by atoms with Gasteiger partial charge in [0.1, 0.15) is 6.54 Å². The number of fused-ring (bicyclic) bond motifs is 1. The van der Waals surface area contributed by atoms with Gasteiger partial charge in [-0.25, -0.2) is 4.90 Å². The number of aromatic nitrogens is 2. The van der Waals surface area contributed by atoms with Crippen molar-refractivity contribution in [3.05, 3.63) is 65.0 Å². The molecular weight excluding hydrogens is 444 g/mol. The van der Waals surface area contributed by atoms with Crippen LogP contribution in [0.4, 0.5) is 5.69 Å². The average Bonchev–Trinajstić information content (AvgIpc) is 3.52. The summed E-state index contributed by atoms with van der Waals surface area (Å²) in [7, 11) is 0. The number of imide groups is 1. The topological polar surface area (TPSA) is 104 Å². The summed E-state index contributed by atoms with van der Waals surface area (Å²) < 4.78 is 5.33. The molecule has 168 valence electrons. The fourth-order valence-electron chi connectivity index (χ4n) is 3.97. The summed E-state index contributed by atoms with van der Waals surface area (Å²) in [4.78, 5) is 31.7. The van der Waals surface area contributed by atoms with Crippen molar-refractivity contribution in [1.29, 1.82) is 0 Å². The summed E-state index contributed by atoms with van der Waals surface area (Å²) in [6.45, 7) is 2.20. The molecule has 1 saturated heterocycles. The number of nitrogens with zero attached hydrogens (tertiary/aromatic N) is 6. The molecule has 2 aliphatic rings. The highest BCUT2D eigenvalue weighted by Gasteiger charge is 2.55. The van der Waals surface area contributed by atoms with Gasteiger partial charge >= 0.3 is 0 Å². The molecule has 2 aromatic carbocycles. The molecule has 5 rings (SSSR count). The third-order valence-corrected chi connectivity index (χ3v) is 5.99. The van der Waals surface area contributed by atoms with Crippen molar-refractivity contribution in [2.24, 2.45) is 10.3 Å². The smallest absolute Gasteiger partial charge is 0.263 e. The monoisotopic (exact) mass is 464 g/mol. The first kappa shape index (κ1) is 21.3. The first-order chi connectivity index (χ1) is 16.0. The predicted octanol–water partition coefficient (Wildman–Crippen LogP) is 4.23. The van der Waals surface area contributed by atoms with E-state index in [0.717, 1.165) is 24.8 Å². The average molecular weight is 465 g/mol. The van der Waals surface area contributed by atoms with E-state index in [2.05, 4.69) is 27.4 Å². The van der Waals surface area contributed by atoms with Crippen LogP contribution in [0.1, 0.15) is 31.2 Å². The zero-order valence-corrected chi connectivity index (χ0v) is 18.6. The van der Waals surface area contributed by atoms with Crippen molar-refractivity contribution in [3.63, 3.8) is 0 Å². The molecular formula is C23H21ClN6O3. The van der Waals surface area contributed by atoms with E-state index in [4.69, 9.17) is 16.1 Å². The van der Waals surface area contributed by atoms with Gasteiger partial charge in [0.05, 0.1) is 5.69 Å². The molecule has 0 saturated carbocycles. The Hall–Kier alpha value is -3.59. The van der Waals surface area contributed by atoms with Crippen molar-refractivity contribution >= 4 is 29.1 Å². The molecule has 2 amide bonds. The second-order valence-electron chi connectivity index (χ2n) is 7.99. The molecule has 2 atom stereocenters. The zero-order chi connectivity index (χ0) is 22.9. The maximum Gasteiger partial charge on any atom is 0.263 e. The normalized spacial score (nSPS) is 19.6. The van der Waals surface area contributed by atoms with Crippen LogP contribution in [0.5, 0.6) is 0 Å². The van der Waals surface area contributed by atoms with E-state index in [1.165, 1.54) is 15.5 Å². The molecule has 1 fully saturated rings. The molecule has 10 heteroatoms. The number of benzene rings is 2. The molecule has 0 aliphatic carbocycles. The van der Waals surface area contributed by atoms with Crippen molar-refractivity contribution in [3.8, 4) is 11.4 Å². The van der Waals surface area contributed by atoms with Crippen molar-refractivity contribution in [2.45, 2.75) is 44.8 Å². The Labute approximate surface area is 195 Å². The van der Waals surface area contributed by atoms with E-state index in [9.17, 15) is 9.59 Å². The van der Waals surface area contributed by atoms with Gasteiger partial charge in [0.15, 0.2) is 12.1 Å². The lowest BCUT2D eigenvalue weighted by molar-refractivity contribution is -0.123. The Morgan fingerprint density at radius 2 is 1.79 bits per heavy atom. The second kappa shape index (κ2) is 8.74. The second-order valence-corrected chi connectivity index (χ2v) is 8.43. The van der Waals surface area contributed by atoms with Gasteiger partial charge in [0, 0.05) is 10.6 Å². The van der Waals surface area contributed by atoms with E-state index in [0.29, 0.717) is 16.5 Å². The number of unbranched alkanes of at least 4 members (excludes halogenated alkanes) is 1. The Morgan fingerprint density at radius 3 is 2.52 bits per heavy atom. The Morgan fingerprint density at radius 1 is 1.03 bits per heavy atom. The third-order valence-electron chi connectivity index (χ3n) is 5.74. The highest BCUT2D eigenvalue weighted by atomic mass is 35.5. The SMILES string of the molecule is CCCCc1ccc(N2C(=O)[C@H]3N=NN(Cc4nc(-c5ccc(Cl)cc5)no4)[C@@H]3C2=O)cc1. The van der Waals surface area contributed by atoms with Crippen LogP contribution in [-0.2, 0) is 22.6 Å². The van der Waals surface area contributed by atoms with Gasteiger partial charge in [-0.1, -0.05) is 47.5 Å². The van der Waals surface area contributed by atoms with Crippen molar-refractivity contribution < 1.29 is 14.1 Å². The lowest BCUT2D eigenvalue weighted by Gasteiger charge is -2.19. The summed E-state index contributed by atoms with van der Waals surface area (Å²) in [5, 5.41) is 14.1. The number of anilines is 1. The molecule has 3 aromatic rings. The van der Waals surface area contributed by atoms with Gasteiger partial charge in [0.2, 0.25) is 11.7 Å². The number of rotatable bonds is 7. The molecule has 0 N–H and O–H groups in total. The molecule has 0 spiro atoms. The van der Waals surface area contributed by atoms with Gasteiger partial charge in [-0.3, -0.25) is 14.6 Å². The van der Waals surface area contributed by atoms with Crippen LogP contribution in [0, 0.1) is 0 Å². The van der Waals surface area contributed by atoms with E-state index < -0.39 is 12.1 Å². The highest BCUT2D eigenvalue weighted by molar-refractivity contribution is 6.30. The number of aryl methyl sites for hydroxylation is 1. The predicted molar refractivity (Wildman–Crippen MR) is 120 cm³/mol. The van der Waals surface area contributed by atoms with Crippen LogP contribution in [0.2, 0.25) is 5.02 Å². The molecule has 3 heterocycles. The minimum atomic E-state index is -0.879. The molecule has 1 aromatic heterocycles.